The lowest BCUT2D eigenvalue weighted by Gasteiger charge is -2.23. The van der Waals surface area contributed by atoms with E-state index in [1.54, 1.807) is 25.1 Å². The first-order valence-electron chi connectivity index (χ1n) is 10.0. The van der Waals surface area contributed by atoms with Crippen molar-refractivity contribution in [1.29, 1.82) is 0 Å². The minimum Gasteiger partial charge on any atom is -0.372 e. The van der Waals surface area contributed by atoms with Gasteiger partial charge in [-0.05, 0) is 56.7 Å². The zero-order valence-corrected chi connectivity index (χ0v) is 18.8. The third kappa shape index (κ3) is 4.79. The van der Waals surface area contributed by atoms with E-state index in [-0.39, 0.29) is 5.91 Å². The van der Waals surface area contributed by atoms with E-state index in [0.29, 0.717) is 38.3 Å². The predicted molar refractivity (Wildman–Crippen MR) is 124 cm³/mol. The molecule has 3 rings (SSSR count). The molecule has 0 aliphatic heterocycles. The van der Waals surface area contributed by atoms with Crippen molar-refractivity contribution >= 4 is 40.5 Å². The fourth-order valence-corrected chi connectivity index (χ4v) is 3.88. The number of carbonyl (C=O) groups excluding carboxylic acids is 1. The maximum Gasteiger partial charge on any atom is 0.261 e. The van der Waals surface area contributed by atoms with Crippen LogP contribution < -0.4 is 10.2 Å². The topological polar surface area (TPSA) is 58.4 Å². The number of hydrogen-bond acceptors (Lipinski definition) is 4. The van der Waals surface area contributed by atoms with Gasteiger partial charge >= 0.3 is 0 Å². The molecule has 2 aromatic carbocycles. The van der Waals surface area contributed by atoms with E-state index in [1.165, 1.54) is 0 Å². The molecule has 1 N–H and O–H groups in total. The van der Waals surface area contributed by atoms with Crippen LogP contribution in [0.15, 0.2) is 47.0 Å². The summed E-state index contributed by atoms with van der Waals surface area (Å²) in [6.45, 7) is 7.96. The van der Waals surface area contributed by atoms with Crippen molar-refractivity contribution in [3.63, 3.8) is 0 Å². The molecular weight excluding hydrogens is 421 g/mol. The number of halogens is 2. The molecule has 30 heavy (non-hydrogen) atoms. The van der Waals surface area contributed by atoms with Gasteiger partial charge in [-0.25, -0.2) is 0 Å². The van der Waals surface area contributed by atoms with Crippen LogP contribution in [-0.2, 0) is 0 Å². The molecule has 0 aliphatic rings. The number of carbonyl (C=O) groups is 1. The first kappa shape index (κ1) is 22.2. The zero-order valence-electron chi connectivity index (χ0n) is 17.3. The van der Waals surface area contributed by atoms with Gasteiger partial charge in [0, 0.05) is 30.0 Å². The monoisotopic (exact) mass is 445 g/mol. The summed E-state index contributed by atoms with van der Waals surface area (Å²) in [7, 11) is 0. The summed E-state index contributed by atoms with van der Waals surface area (Å²) in [5, 5.41) is 7.76. The lowest BCUT2D eigenvalue weighted by Crippen LogP contribution is -2.23. The van der Waals surface area contributed by atoms with Crippen molar-refractivity contribution < 1.29 is 9.32 Å². The van der Waals surface area contributed by atoms with E-state index in [2.05, 4.69) is 29.2 Å². The van der Waals surface area contributed by atoms with Crippen LogP contribution in [0.1, 0.15) is 42.8 Å². The Kier molecular flexibility index (Phi) is 7.40. The van der Waals surface area contributed by atoms with Crippen LogP contribution in [0.4, 0.5) is 11.4 Å². The largest absolute Gasteiger partial charge is 0.372 e. The van der Waals surface area contributed by atoms with E-state index in [0.717, 1.165) is 31.6 Å². The van der Waals surface area contributed by atoms with E-state index < -0.39 is 0 Å². The van der Waals surface area contributed by atoms with Crippen molar-refractivity contribution in [1.82, 2.24) is 5.16 Å². The van der Waals surface area contributed by atoms with E-state index in [9.17, 15) is 4.79 Å². The quantitative estimate of drug-likeness (QED) is 0.412. The SMILES string of the molecule is CCCCN(CC)c1ccc(NC(=O)c2c(-c3c(Cl)cccc3Cl)noc2C)cc1. The third-order valence-corrected chi connectivity index (χ3v) is 5.57. The number of unbranched alkanes of at least 4 members (excludes halogenated alkanes) is 1. The lowest BCUT2D eigenvalue weighted by atomic mass is 10.1. The van der Waals surface area contributed by atoms with Crippen LogP contribution in [0, 0.1) is 6.92 Å². The minimum absolute atomic E-state index is 0.312. The Balaban J connectivity index is 1.83. The number of nitrogens with zero attached hydrogens (tertiary/aromatic N) is 2. The van der Waals surface area contributed by atoms with Crippen LogP contribution in [0.5, 0.6) is 0 Å². The Hall–Kier alpha value is -2.50. The first-order valence-corrected chi connectivity index (χ1v) is 10.8. The lowest BCUT2D eigenvalue weighted by molar-refractivity contribution is 0.102. The fraction of sp³-hybridized carbons (Fsp3) is 0.304. The van der Waals surface area contributed by atoms with Gasteiger partial charge in [0.2, 0.25) is 0 Å². The Morgan fingerprint density at radius 1 is 1.10 bits per heavy atom. The molecule has 7 heteroatoms. The Bertz CT molecular complexity index is 996. The Labute approximate surface area is 187 Å². The third-order valence-electron chi connectivity index (χ3n) is 4.94. The normalized spacial score (nSPS) is 10.8. The molecule has 5 nitrogen and oxygen atoms in total. The summed E-state index contributed by atoms with van der Waals surface area (Å²) in [4.78, 5) is 15.3. The number of aromatic nitrogens is 1. The number of aryl methyl sites for hydroxylation is 1. The van der Waals surface area contributed by atoms with Gasteiger partial charge in [-0.1, -0.05) is 47.8 Å². The minimum atomic E-state index is -0.328. The van der Waals surface area contributed by atoms with Crippen LogP contribution in [0.2, 0.25) is 10.0 Å². The maximum absolute atomic E-state index is 13.0. The van der Waals surface area contributed by atoms with Gasteiger partial charge < -0.3 is 14.7 Å². The summed E-state index contributed by atoms with van der Waals surface area (Å²) in [6, 6.07) is 13.0. The van der Waals surface area contributed by atoms with Crippen LogP contribution in [-0.4, -0.2) is 24.2 Å². The number of benzene rings is 2. The van der Waals surface area contributed by atoms with Crippen molar-refractivity contribution in [2.45, 2.75) is 33.6 Å². The number of amides is 1. The summed E-state index contributed by atoms with van der Waals surface area (Å²) >= 11 is 12.6. The Morgan fingerprint density at radius 3 is 2.37 bits per heavy atom. The van der Waals surface area contributed by atoms with Crippen molar-refractivity contribution in [2.75, 3.05) is 23.3 Å². The van der Waals surface area contributed by atoms with Crippen LogP contribution >= 0.6 is 23.2 Å². The second-order valence-electron chi connectivity index (χ2n) is 6.99. The number of anilines is 2. The highest BCUT2D eigenvalue weighted by atomic mass is 35.5. The highest BCUT2D eigenvalue weighted by Gasteiger charge is 2.25. The van der Waals surface area contributed by atoms with E-state index in [4.69, 9.17) is 27.7 Å². The molecule has 0 atom stereocenters. The van der Waals surface area contributed by atoms with Crippen molar-refractivity contribution in [3.8, 4) is 11.3 Å². The highest BCUT2D eigenvalue weighted by Crippen LogP contribution is 2.37. The molecule has 158 valence electrons. The highest BCUT2D eigenvalue weighted by molar-refractivity contribution is 6.39. The average Bonchev–Trinajstić information content (AvgIpc) is 3.10. The number of rotatable bonds is 8. The molecule has 0 bridgehead atoms. The van der Waals surface area contributed by atoms with Gasteiger partial charge in [0.1, 0.15) is 17.0 Å². The molecule has 0 radical (unpaired) electrons. The van der Waals surface area contributed by atoms with Crippen molar-refractivity contribution in [3.05, 3.63) is 63.8 Å². The molecule has 0 fully saturated rings. The fourth-order valence-electron chi connectivity index (χ4n) is 3.30. The van der Waals surface area contributed by atoms with Gasteiger partial charge in [0.15, 0.2) is 0 Å². The maximum atomic E-state index is 13.0. The molecule has 1 heterocycles. The second-order valence-corrected chi connectivity index (χ2v) is 7.81. The smallest absolute Gasteiger partial charge is 0.261 e. The Morgan fingerprint density at radius 2 is 1.77 bits per heavy atom. The zero-order chi connectivity index (χ0) is 21.7. The summed E-state index contributed by atoms with van der Waals surface area (Å²) < 4.78 is 5.29. The van der Waals surface area contributed by atoms with Crippen LogP contribution in [0.25, 0.3) is 11.3 Å². The van der Waals surface area contributed by atoms with E-state index in [1.807, 2.05) is 24.3 Å². The van der Waals surface area contributed by atoms with Gasteiger partial charge in [-0.2, -0.15) is 0 Å². The molecule has 0 unspecified atom stereocenters. The molecule has 0 spiro atoms. The molecule has 1 amide bonds. The predicted octanol–water partition coefficient (Wildman–Crippen LogP) is 6.84. The van der Waals surface area contributed by atoms with Gasteiger partial charge in [0.25, 0.3) is 5.91 Å². The first-order chi connectivity index (χ1) is 14.5. The molecule has 3 aromatic rings. The molecule has 0 aliphatic carbocycles. The van der Waals surface area contributed by atoms with Crippen LogP contribution in [0.3, 0.4) is 0 Å². The standard InChI is InChI=1S/C23H25Cl2N3O2/c1-4-6-14-28(5-2)17-12-10-16(11-13-17)26-23(29)20-15(3)30-27-22(20)21-18(24)8-7-9-19(21)25/h7-13H,4-6,14H2,1-3H3,(H,26,29). The number of hydrogen-bond donors (Lipinski definition) is 1. The van der Waals surface area contributed by atoms with E-state index >= 15 is 0 Å². The molecule has 1 aromatic heterocycles. The molecule has 0 saturated carbocycles. The molecule has 0 saturated heterocycles. The van der Waals surface area contributed by atoms with Crippen molar-refractivity contribution in [2.24, 2.45) is 0 Å². The average molecular weight is 446 g/mol. The summed E-state index contributed by atoms with van der Waals surface area (Å²) in [6.07, 6.45) is 2.30. The summed E-state index contributed by atoms with van der Waals surface area (Å²) in [5.74, 6) is 0.0673. The number of nitrogens with one attached hydrogen (secondary N) is 1. The van der Waals surface area contributed by atoms with Gasteiger partial charge in [0.05, 0.1) is 10.0 Å². The van der Waals surface area contributed by atoms with Gasteiger partial charge in [-0.3, -0.25) is 4.79 Å². The summed E-state index contributed by atoms with van der Waals surface area (Å²) in [5.41, 5.74) is 2.94. The molecular formula is C23H25Cl2N3O2. The second kappa shape index (κ2) is 10.0. The van der Waals surface area contributed by atoms with Gasteiger partial charge in [-0.15, -0.1) is 0 Å².